The topological polar surface area (TPSA) is 94.3 Å². The molecular weight excluding hydrogens is 422 g/mol. The van der Waals surface area contributed by atoms with Gasteiger partial charge in [0.2, 0.25) is 0 Å². The van der Waals surface area contributed by atoms with E-state index in [4.69, 9.17) is 10.5 Å². The molecule has 3 N–H and O–H groups in total. The van der Waals surface area contributed by atoms with Crippen molar-refractivity contribution in [2.24, 2.45) is 5.73 Å². The van der Waals surface area contributed by atoms with Crippen LogP contribution in [0, 0.1) is 13.8 Å². The number of amides is 2. The van der Waals surface area contributed by atoms with Gasteiger partial charge in [0.1, 0.15) is 16.5 Å². The number of nitrogens with zero attached hydrogens (tertiary/aromatic N) is 1. The van der Waals surface area contributed by atoms with Crippen molar-refractivity contribution in [2.75, 3.05) is 5.32 Å². The average Bonchev–Trinajstić information content (AvgIpc) is 3.12. The maximum atomic E-state index is 13.0. The number of thiophene rings is 1. The predicted octanol–water partition coefficient (Wildman–Crippen LogP) is 5.57. The van der Waals surface area contributed by atoms with Gasteiger partial charge in [-0.2, -0.15) is 0 Å². The zero-order valence-corrected chi connectivity index (χ0v) is 18.4. The largest absolute Gasteiger partial charge is 0.457 e. The number of nitrogens with two attached hydrogens (primary N) is 1. The Labute approximate surface area is 189 Å². The van der Waals surface area contributed by atoms with Crippen molar-refractivity contribution in [2.45, 2.75) is 13.8 Å². The molecule has 4 aromatic rings. The molecular formula is C25H21N3O3S. The fraction of sp³-hybridized carbons (Fsp3) is 0.0800. The van der Waals surface area contributed by atoms with E-state index in [0.29, 0.717) is 27.6 Å². The number of primary amides is 1. The number of nitrogens with one attached hydrogen (secondary N) is 1. The lowest BCUT2D eigenvalue weighted by atomic mass is 10.0. The van der Waals surface area contributed by atoms with E-state index >= 15 is 0 Å². The normalized spacial score (nSPS) is 10.6. The van der Waals surface area contributed by atoms with E-state index in [-0.39, 0.29) is 5.91 Å². The SMILES string of the molecule is Cc1ccc(C(=O)Nc2sc(C)c(-c3ccccc3)c2C(N)=O)cc1Oc1ccncc1. The van der Waals surface area contributed by atoms with E-state index in [1.54, 1.807) is 36.7 Å². The second-order valence-corrected chi connectivity index (χ2v) is 8.41. The maximum absolute atomic E-state index is 13.0. The molecule has 0 aliphatic heterocycles. The number of hydrogen-bond acceptors (Lipinski definition) is 5. The summed E-state index contributed by atoms with van der Waals surface area (Å²) in [5, 5.41) is 3.29. The molecule has 0 bridgehead atoms. The van der Waals surface area contributed by atoms with Gasteiger partial charge < -0.3 is 15.8 Å². The molecule has 160 valence electrons. The molecule has 0 unspecified atom stereocenters. The van der Waals surface area contributed by atoms with E-state index in [1.807, 2.05) is 50.2 Å². The minimum Gasteiger partial charge on any atom is -0.457 e. The maximum Gasteiger partial charge on any atom is 0.256 e. The Kier molecular flexibility index (Phi) is 6.00. The van der Waals surface area contributed by atoms with Gasteiger partial charge in [0.05, 0.1) is 5.56 Å². The van der Waals surface area contributed by atoms with Crippen molar-refractivity contribution >= 4 is 28.2 Å². The van der Waals surface area contributed by atoms with Crippen molar-refractivity contribution in [1.82, 2.24) is 4.98 Å². The molecule has 0 saturated carbocycles. The number of aromatic nitrogens is 1. The highest BCUT2D eigenvalue weighted by Gasteiger charge is 2.23. The number of aryl methyl sites for hydroxylation is 2. The van der Waals surface area contributed by atoms with Gasteiger partial charge in [-0.1, -0.05) is 36.4 Å². The summed E-state index contributed by atoms with van der Waals surface area (Å²) in [6, 6.07) is 18.2. The molecule has 0 atom stereocenters. The lowest BCUT2D eigenvalue weighted by Crippen LogP contribution is -2.17. The monoisotopic (exact) mass is 443 g/mol. The van der Waals surface area contributed by atoms with Crippen LogP contribution in [0.5, 0.6) is 11.5 Å². The Balaban J connectivity index is 1.65. The summed E-state index contributed by atoms with van der Waals surface area (Å²) in [6.45, 7) is 3.81. The second kappa shape index (κ2) is 9.03. The first-order valence-corrected chi connectivity index (χ1v) is 10.7. The molecule has 0 fully saturated rings. The molecule has 4 rings (SSSR count). The lowest BCUT2D eigenvalue weighted by Gasteiger charge is -2.11. The number of carbonyl (C=O) groups excluding carboxylic acids is 2. The first kappa shape index (κ1) is 21.3. The van der Waals surface area contributed by atoms with Crippen LogP contribution in [-0.4, -0.2) is 16.8 Å². The van der Waals surface area contributed by atoms with Crippen LogP contribution in [0.25, 0.3) is 11.1 Å². The van der Waals surface area contributed by atoms with Gasteiger partial charge in [0.25, 0.3) is 11.8 Å². The number of benzene rings is 2. The summed E-state index contributed by atoms with van der Waals surface area (Å²) in [5.41, 5.74) is 8.92. The van der Waals surface area contributed by atoms with E-state index in [1.165, 1.54) is 11.3 Å². The third-order valence-electron chi connectivity index (χ3n) is 4.95. The lowest BCUT2D eigenvalue weighted by molar-refractivity contribution is 0.100. The summed E-state index contributed by atoms with van der Waals surface area (Å²) >= 11 is 1.33. The van der Waals surface area contributed by atoms with Crippen LogP contribution in [-0.2, 0) is 0 Å². The molecule has 2 heterocycles. The third kappa shape index (κ3) is 4.38. The average molecular weight is 444 g/mol. The number of rotatable bonds is 6. The van der Waals surface area contributed by atoms with Gasteiger partial charge in [-0.3, -0.25) is 14.6 Å². The number of pyridine rings is 1. The van der Waals surface area contributed by atoms with Crippen molar-refractivity contribution in [3.05, 3.63) is 94.6 Å². The Morgan fingerprint density at radius 3 is 2.41 bits per heavy atom. The Hall–Kier alpha value is -3.97. The summed E-state index contributed by atoms with van der Waals surface area (Å²) in [6.07, 6.45) is 3.27. The standard InChI is InChI=1S/C25H21N3O3S/c1-15-8-9-18(14-20(15)31-19-10-12-27-13-11-19)24(30)28-25-22(23(26)29)21(16(2)32-25)17-6-4-3-5-7-17/h3-14H,1-2H3,(H2,26,29)(H,28,30). The highest BCUT2D eigenvalue weighted by Crippen LogP contribution is 2.40. The molecule has 2 aromatic carbocycles. The van der Waals surface area contributed by atoms with E-state index in [0.717, 1.165) is 21.6 Å². The minimum absolute atomic E-state index is 0.312. The molecule has 0 aliphatic carbocycles. The summed E-state index contributed by atoms with van der Waals surface area (Å²) in [4.78, 5) is 30.2. The van der Waals surface area contributed by atoms with Crippen molar-refractivity contribution in [3.63, 3.8) is 0 Å². The summed E-state index contributed by atoms with van der Waals surface area (Å²) in [7, 11) is 0. The molecule has 6 nitrogen and oxygen atoms in total. The summed E-state index contributed by atoms with van der Waals surface area (Å²) < 4.78 is 5.90. The number of anilines is 1. The van der Waals surface area contributed by atoms with Crippen LogP contribution in [0.15, 0.2) is 73.1 Å². The van der Waals surface area contributed by atoms with E-state index in [9.17, 15) is 9.59 Å². The number of carbonyl (C=O) groups is 2. The van der Waals surface area contributed by atoms with Crippen molar-refractivity contribution in [3.8, 4) is 22.6 Å². The molecule has 0 spiro atoms. The highest BCUT2D eigenvalue weighted by molar-refractivity contribution is 7.17. The highest BCUT2D eigenvalue weighted by atomic mass is 32.1. The first-order valence-electron chi connectivity index (χ1n) is 9.92. The smallest absolute Gasteiger partial charge is 0.256 e. The fourth-order valence-corrected chi connectivity index (χ4v) is 4.46. The predicted molar refractivity (Wildman–Crippen MR) is 126 cm³/mol. The molecule has 7 heteroatoms. The van der Waals surface area contributed by atoms with Crippen molar-refractivity contribution in [1.29, 1.82) is 0 Å². The van der Waals surface area contributed by atoms with Crippen LogP contribution in [0.3, 0.4) is 0 Å². The van der Waals surface area contributed by atoms with Crippen LogP contribution in [0.4, 0.5) is 5.00 Å². The van der Waals surface area contributed by atoms with Crippen LogP contribution < -0.4 is 15.8 Å². The number of ether oxygens (including phenoxy) is 1. The summed E-state index contributed by atoms with van der Waals surface area (Å²) in [5.74, 6) is 0.242. The zero-order valence-electron chi connectivity index (χ0n) is 17.6. The molecule has 2 aromatic heterocycles. The van der Waals surface area contributed by atoms with Crippen LogP contribution in [0.2, 0.25) is 0 Å². The van der Waals surface area contributed by atoms with Gasteiger partial charge in [-0.15, -0.1) is 11.3 Å². The van der Waals surface area contributed by atoms with Crippen molar-refractivity contribution < 1.29 is 14.3 Å². The second-order valence-electron chi connectivity index (χ2n) is 7.19. The fourth-order valence-electron chi connectivity index (χ4n) is 3.38. The third-order valence-corrected chi connectivity index (χ3v) is 5.97. The van der Waals surface area contributed by atoms with E-state index in [2.05, 4.69) is 10.3 Å². The Morgan fingerprint density at radius 1 is 1.00 bits per heavy atom. The Bertz CT molecular complexity index is 1280. The number of hydrogen-bond donors (Lipinski definition) is 2. The van der Waals surface area contributed by atoms with Gasteiger partial charge in [0, 0.05) is 28.4 Å². The van der Waals surface area contributed by atoms with Gasteiger partial charge in [0.15, 0.2) is 0 Å². The van der Waals surface area contributed by atoms with Gasteiger partial charge >= 0.3 is 0 Å². The quantitative estimate of drug-likeness (QED) is 0.407. The first-order chi connectivity index (χ1) is 15.4. The Morgan fingerprint density at radius 2 is 1.72 bits per heavy atom. The molecule has 2 amide bonds. The van der Waals surface area contributed by atoms with E-state index < -0.39 is 5.91 Å². The zero-order chi connectivity index (χ0) is 22.7. The minimum atomic E-state index is -0.589. The van der Waals surface area contributed by atoms with Gasteiger partial charge in [-0.25, -0.2) is 0 Å². The van der Waals surface area contributed by atoms with Gasteiger partial charge in [-0.05, 0) is 49.2 Å². The van der Waals surface area contributed by atoms with Crippen LogP contribution in [0.1, 0.15) is 31.2 Å². The van der Waals surface area contributed by atoms with Crippen LogP contribution >= 0.6 is 11.3 Å². The molecule has 0 radical (unpaired) electrons. The molecule has 0 saturated heterocycles. The molecule has 0 aliphatic rings. The molecule has 32 heavy (non-hydrogen) atoms.